The molecule has 39 heavy (non-hydrogen) atoms. The van der Waals surface area contributed by atoms with Gasteiger partial charge < -0.3 is 25.6 Å². The number of ether oxygens (including phenoxy) is 1. The standard InChI is InChI=1S/C28H31ClN6O4/c1-4-5-14-31-25(36)17-39-21-11-12-23(22(15-21)28(38)34-24-13-10-20(29)16-32-24)33-27(37)19-8-6-18(7-9-19)26(30)35(2)3/h6-13,15-16,30H,4-5,14,17H2,1-3H3,(H,31,36)(H,33,37)(H,32,34,38). The van der Waals surface area contributed by atoms with Crippen LogP contribution in [0, 0.1) is 5.41 Å². The van der Waals surface area contributed by atoms with Crippen LogP contribution >= 0.6 is 11.6 Å². The normalized spacial score (nSPS) is 10.4. The molecule has 1 aromatic heterocycles. The molecule has 0 saturated heterocycles. The molecule has 3 aromatic rings. The summed E-state index contributed by atoms with van der Waals surface area (Å²) < 4.78 is 5.59. The molecule has 4 N–H and O–H groups in total. The zero-order chi connectivity index (χ0) is 28.4. The Kier molecular flexibility index (Phi) is 10.4. The van der Waals surface area contributed by atoms with E-state index in [1.54, 1.807) is 61.5 Å². The molecule has 2 aromatic carbocycles. The molecule has 3 amide bonds. The van der Waals surface area contributed by atoms with Crippen molar-refractivity contribution in [2.45, 2.75) is 19.8 Å². The lowest BCUT2D eigenvalue weighted by atomic mass is 10.1. The van der Waals surface area contributed by atoms with Crippen molar-refractivity contribution in [2.24, 2.45) is 0 Å². The Morgan fingerprint density at radius 1 is 0.974 bits per heavy atom. The van der Waals surface area contributed by atoms with Gasteiger partial charge in [-0.15, -0.1) is 0 Å². The van der Waals surface area contributed by atoms with Crippen molar-refractivity contribution in [3.8, 4) is 5.75 Å². The van der Waals surface area contributed by atoms with Gasteiger partial charge in [-0.1, -0.05) is 37.1 Å². The molecule has 0 spiro atoms. The van der Waals surface area contributed by atoms with Gasteiger partial charge in [-0.25, -0.2) is 4.98 Å². The molecule has 0 aliphatic carbocycles. The van der Waals surface area contributed by atoms with Crippen LogP contribution in [0.25, 0.3) is 0 Å². The van der Waals surface area contributed by atoms with Crippen LogP contribution in [0.15, 0.2) is 60.8 Å². The first kappa shape index (κ1) is 29.1. The number of amides is 3. The lowest BCUT2D eigenvalue weighted by molar-refractivity contribution is -0.123. The summed E-state index contributed by atoms with van der Waals surface area (Å²) in [4.78, 5) is 44.0. The van der Waals surface area contributed by atoms with Crippen LogP contribution in [0.2, 0.25) is 5.02 Å². The molecule has 0 fully saturated rings. The predicted octanol–water partition coefficient (Wildman–Crippen LogP) is 4.42. The fraction of sp³-hybridized carbons (Fsp3) is 0.250. The van der Waals surface area contributed by atoms with Crippen LogP contribution < -0.4 is 20.7 Å². The lowest BCUT2D eigenvalue weighted by Crippen LogP contribution is -2.29. The van der Waals surface area contributed by atoms with Crippen LogP contribution in [-0.2, 0) is 4.79 Å². The van der Waals surface area contributed by atoms with Gasteiger partial charge in [0.15, 0.2) is 6.61 Å². The summed E-state index contributed by atoms with van der Waals surface area (Å²) in [6, 6.07) is 14.2. The van der Waals surface area contributed by atoms with Crippen molar-refractivity contribution in [1.29, 1.82) is 5.41 Å². The van der Waals surface area contributed by atoms with E-state index < -0.39 is 11.8 Å². The topological polar surface area (TPSA) is 137 Å². The van der Waals surface area contributed by atoms with Crippen molar-refractivity contribution in [2.75, 3.05) is 37.9 Å². The fourth-order valence-corrected chi connectivity index (χ4v) is 3.49. The minimum Gasteiger partial charge on any atom is -0.484 e. The maximum Gasteiger partial charge on any atom is 0.259 e. The highest BCUT2D eigenvalue weighted by Crippen LogP contribution is 2.24. The summed E-state index contributed by atoms with van der Waals surface area (Å²) >= 11 is 5.88. The number of carbonyl (C=O) groups is 3. The number of pyridine rings is 1. The monoisotopic (exact) mass is 550 g/mol. The second-order valence-corrected chi connectivity index (χ2v) is 9.23. The van der Waals surface area contributed by atoms with E-state index in [1.807, 2.05) is 6.92 Å². The van der Waals surface area contributed by atoms with Crippen molar-refractivity contribution >= 4 is 46.7 Å². The number of carbonyl (C=O) groups excluding carboxylic acids is 3. The maximum atomic E-state index is 13.2. The molecule has 0 unspecified atom stereocenters. The smallest absolute Gasteiger partial charge is 0.259 e. The Labute approximate surface area is 232 Å². The van der Waals surface area contributed by atoms with Gasteiger partial charge in [0, 0.05) is 38.0 Å². The van der Waals surface area contributed by atoms with Gasteiger partial charge in [0.1, 0.15) is 17.4 Å². The number of anilines is 2. The van der Waals surface area contributed by atoms with Crippen LogP contribution in [0.3, 0.4) is 0 Å². The molecule has 10 nitrogen and oxygen atoms in total. The Morgan fingerprint density at radius 3 is 2.33 bits per heavy atom. The van der Waals surface area contributed by atoms with E-state index >= 15 is 0 Å². The number of nitrogens with one attached hydrogen (secondary N) is 4. The van der Waals surface area contributed by atoms with Gasteiger partial charge >= 0.3 is 0 Å². The van der Waals surface area contributed by atoms with Crippen LogP contribution in [0.5, 0.6) is 5.75 Å². The van der Waals surface area contributed by atoms with E-state index in [9.17, 15) is 14.4 Å². The summed E-state index contributed by atoms with van der Waals surface area (Å²) in [6.07, 6.45) is 3.22. The highest BCUT2D eigenvalue weighted by molar-refractivity contribution is 6.30. The summed E-state index contributed by atoms with van der Waals surface area (Å²) in [5.74, 6) is -0.413. The molecule has 0 bridgehead atoms. The Balaban J connectivity index is 1.81. The van der Waals surface area contributed by atoms with E-state index in [0.717, 1.165) is 12.8 Å². The predicted molar refractivity (Wildman–Crippen MR) is 152 cm³/mol. The maximum absolute atomic E-state index is 13.2. The lowest BCUT2D eigenvalue weighted by Gasteiger charge is -2.15. The molecule has 11 heteroatoms. The van der Waals surface area contributed by atoms with Crippen molar-refractivity contribution < 1.29 is 19.1 Å². The van der Waals surface area contributed by atoms with Gasteiger partial charge in [-0.05, 0) is 48.9 Å². The number of halogens is 1. The fourth-order valence-electron chi connectivity index (χ4n) is 3.38. The highest BCUT2D eigenvalue weighted by Gasteiger charge is 2.18. The third kappa shape index (κ3) is 8.54. The second-order valence-electron chi connectivity index (χ2n) is 8.79. The van der Waals surface area contributed by atoms with Crippen LogP contribution in [0.4, 0.5) is 11.5 Å². The molecule has 0 aliphatic rings. The minimum atomic E-state index is -0.548. The number of aromatic nitrogens is 1. The first-order valence-corrected chi connectivity index (χ1v) is 12.7. The molecule has 3 rings (SSSR count). The molecule has 0 atom stereocenters. The first-order valence-electron chi connectivity index (χ1n) is 12.3. The largest absolute Gasteiger partial charge is 0.484 e. The number of amidine groups is 1. The van der Waals surface area contributed by atoms with Gasteiger partial charge in [-0.3, -0.25) is 19.8 Å². The molecule has 0 radical (unpaired) electrons. The summed E-state index contributed by atoms with van der Waals surface area (Å²) in [5.41, 5.74) is 1.35. The van der Waals surface area contributed by atoms with E-state index in [2.05, 4.69) is 20.9 Å². The number of benzene rings is 2. The van der Waals surface area contributed by atoms with Crippen molar-refractivity contribution in [3.63, 3.8) is 0 Å². The Hall–Kier alpha value is -4.44. The van der Waals surface area contributed by atoms with E-state index in [-0.39, 0.29) is 35.3 Å². The molecule has 0 aliphatic heterocycles. The average molecular weight is 551 g/mol. The van der Waals surface area contributed by atoms with Crippen molar-refractivity contribution in [1.82, 2.24) is 15.2 Å². The van der Waals surface area contributed by atoms with Gasteiger partial charge in [-0.2, -0.15) is 0 Å². The summed E-state index contributed by atoms with van der Waals surface area (Å²) in [7, 11) is 3.53. The van der Waals surface area contributed by atoms with Crippen LogP contribution in [0.1, 0.15) is 46.0 Å². The number of hydrogen-bond donors (Lipinski definition) is 4. The van der Waals surface area contributed by atoms with E-state index in [4.69, 9.17) is 21.7 Å². The van der Waals surface area contributed by atoms with Gasteiger partial charge in [0.25, 0.3) is 17.7 Å². The van der Waals surface area contributed by atoms with Crippen molar-refractivity contribution in [3.05, 3.63) is 82.5 Å². The second kappa shape index (κ2) is 13.9. The third-order valence-electron chi connectivity index (χ3n) is 5.54. The zero-order valence-corrected chi connectivity index (χ0v) is 22.8. The Bertz CT molecular complexity index is 1330. The molecule has 1 heterocycles. The van der Waals surface area contributed by atoms with E-state index in [0.29, 0.717) is 28.5 Å². The number of nitrogens with zero attached hydrogens (tertiary/aromatic N) is 2. The van der Waals surface area contributed by atoms with Gasteiger partial charge in [0.05, 0.1) is 16.3 Å². The quantitative estimate of drug-likeness (QED) is 0.158. The molecular formula is C28H31ClN6O4. The Morgan fingerprint density at radius 2 is 1.69 bits per heavy atom. The zero-order valence-electron chi connectivity index (χ0n) is 22.0. The highest BCUT2D eigenvalue weighted by atomic mass is 35.5. The molecular weight excluding hydrogens is 520 g/mol. The first-order chi connectivity index (χ1) is 18.7. The van der Waals surface area contributed by atoms with E-state index in [1.165, 1.54) is 18.3 Å². The van der Waals surface area contributed by atoms with Crippen LogP contribution in [-0.4, -0.2) is 60.7 Å². The summed E-state index contributed by atoms with van der Waals surface area (Å²) in [5, 5.41) is 16.7. The molecule has 0 saturated carbocycles. The van der Waals surface area contributed by atoms with Gasteiger partial charge in [0.2, 0.25) is 0 Å². The number of unbranched alkanes of at least 4 members (excludes halogenated alkanes) is 1. The SMILES string of the molecule is CCCCNC(=O)COc1ccc(NC(=O)c2ccc(C(=N)N(C)C)cc2)c(C(=O)Nc2ccc(Cl)cn2)c1. The minimum absolute atomic E-state index is 0.106. The third-order valence-corrected chi connectivity index (χ3v) is 5.77. The molecule has 204 valence electrons. The number of hydrogen-bond acceptors (Lipinski definition) is 6. The number of rotatable bonds is 11. The summed E-state index contributed by atoms with van der Waals surface area (Å²) in [6.45, 7) is 2.37. The average Bonchev–Trinajstić information content (AvgIpc) is 2.93.